The Morgan fingerprint density at radius 2 is 2.26 bits per heavy atom. The first-order valence-corrected chi connectivity index (χ1v) is 6.85. The number of hydrogen-bond acceptors (Lipinski definition) is 3. The molecule has 1 atom stereocenters. The molecule has 1 heterocycles. The van der Waals surface area contributed by atoms with Crippen molar-refractivity contribution >= 4 is 29.1 Å². The highest BCUT2D eigenvalue weighted by molar-refractivity contribution is 6.34. The van der Waals surface area contributed by atoms with E-state index in [4.69, 9.17) is 27.9 Å². The molecule has 4 nitrogen and oxygen atoms in total. The van der Waals surface area contributed by atoms with E-state index in [1.807, 2.05) is 0 Å². The number of carbonyl (C=O) groups excluding carboxylic acids is 1. The number of amides is 1. The lowest BCUT2D eigenvalue weighted by Crippen LogP contribution is -2.40. The molecule has 1 aromatic carbocycles. The van der Waals surface area contributed by atoms with Crippen LogP contribution in [-0.4, -0.2) is 41.7 Å². The van der Waals surface area contributed by atoms with E-state index in [1.165, 1.54) is 0 Å². The van der Waals surface area contributed by atoms with Crippen molar-refractivity contribution in [2.24, 2.45) is 0 Å². The van der Waals surface area contributed by atoms with Crippen molar-refractivity contribution in [3.63, 3.8) is 0 Å². The van der Waals surface area contributed by atoms with Gasteiger partial charge < -0.3 is 14.7 Å². The van der Waals surface area contributed by atoms with Gasteiger partial charge in [0.2, 0.25) is 0 Å². The normalized spacial score (nSPS) is 18.7. The second-order valence-electron chi connectivity index (χ2n) is 4.43. The number of benzene rings is 1. The summed E-state index contributed by atoms with van der Waals surface area (Å²) in [5, 5.41) is 10.1. The van der Waals surface area contributed by atoms with Gasteiger partial charge in [-0.25, -0.2) is 0 Å². The Morgan fingerprint density at radius 1 is 1.47 bits per heavy atom. The van der Waals surface area contributed by atoms with Gasteiger partial charge in [-0.05, 0) is 25.0 Å². The SMILES string of the molecule is O=C(COc1cc(Cl)ccc1Cl)N1CCC[C@H]1CO. The zero-order valence-electron chi connectivity index (χ0n) is 10.3. The van der Waals surface area contributed by atoms with Crippen molar-refractivity contribution in [2.75, 3.05) is 19.8 Å². The van der Waals surface area contributed by atoms with E-state index < -0.39 is 0 Å². The second-order valence-corrected chi connectivity index (χ2v) is 5.27. The minimum Gasteiger partial charge on any atom is -0.482 e. The predicted octanol–water partition coefficient (Wildman–Crippen LogP) is 2.36. The van der Waals surface area contributed by atoms with Gasteiger partial charge in [0.1, 0.15) is 5.75 Å². The highest BCUT2D eigenvalue weighted by Crippen LogP contribution is 2.28. The molecule has 0 spiro atoms. The molecule has 1 saturated heterocycles. The molecule has 0 unspecified atom stereocenters. The zero-order valence-corrected chi connectivity index (χ0v) is 11.8. The summed E-state index contributed by atoms with van der Waals surface area (Å²) in [5.74, 6) is 0.245. The summed E-state index contributed by atoms with van der Waals surface area (Å²) in [7, 11) is 0. The predicted molar refractivity (Wildman–Crippen MR) is 73.8 cm³/mol. The summed E-state index contributed by atoms with van der Waals surface area (Å²) in [5.41, 5.74) is 0. The van der Waals surface area contributed by atoms with Crippen molar-refractivity contribution in [2.45, 2.75) is 18.9 Å². The fourth-order valence-corrected chi connectivity index (χ4v) is 2.50. The Morgan fingerprint density at radius 3 is 3.00 bits per heavy atom. The topological polar surface area (TPSA) is 49.8 Å². The van der Waals surface area contributed by atoms with Crippen molar-refractivity contribution in [1.82, 2.24) is 4.90 Å². The summed E-state index contributed by atoms with van der Waals surface area (Å²) in [6.07, 6.45) is 1.75. The van der Waals surface area contributed by atoms with Crippen LogP contribution < -0.4 is 4.74 Å². The van der Waals surface area contributed by atoms with Crippen LogP contribution in [0.4, 0.5) is 0 Å². The summed E-state index contributed by atoms with van der Waals surface area (Å²) in [6.45, 7) is 0.553. The fourth-order valence-electron chi connectivity index (χ4n) is 2.16. The van der Waals surface area contributed by atoms with Crippen LogP contribution in [0.2, 0.25) is 10.0 Å². The third-order valence-corrected chi connectivity index (χ3v) is 3.70. The van der Waals surface area contributed by atoms with Crippen LogP contribution >= 0.6 is 23.2 Å². The molecule has 104 valence electrons. The molecule has 0 aliphatic carbocycles. The molecular formula is C13H15Cl2NO3. The number of hydrogen-bond donors (Lipinski definition) is 1. The first kappa shape index (κ1) is 14.4. The number of ether oxygens (including phenoxy) is 1. The number of halogens is 2. The van der Waals surface area contributed by atoms with E-state index >= 15 is 0 Å². The number of aliphatic hydroxyl groups is 1. The molecule has 6 heteroatoms. The third kappa shape index (κ3) is 3.53. The lowest BCUT2D eigenvalue weighted by Gasteiger charge is -2.23. The van der Waals surface area contributed by atoms with Crippen molar-refractivity contribution < 1.29 is 14.6 Å². The van der Waals surface area contributed by atoms with E-state index in [0.29, 0.717) is 22.3 Å². The minimum absolute atomic E-state index is 0.0103. The summed E-state index contributed by atoms with van der Waals surface area (Å²) in [4.78, 5) is 13.6. The van der Waals surface area contributed by atoms with Crippen LogP contribution in [0.5, 0.6) is 5.75 Å². The van der Waals surface area contributed by atoms with Crippen molar-refractivity contribution in [1.29, 1.82) is 0 Å². The van der Waals surface area contributed by atoms with Gasteiger partial charge in [-0.2, -0.15) is 0 Å². The van der Waals surface area contributed by atoms with Gasteiger partial charge in [-0.15, -0.1) is 0 Å². The lowest BCUT2D eigenvalue weighted by molar-refractivity contribution is -0.134. The standard InChI is InChI=1S/C13H15Cl2NO3/c14-9-3-4-11(15)12(6-9)19-8-13(18)16-5-1-2-10(16)7-17/h3-4,6,10,17H,1-2,5,7-8H2/t10-/m0/s1. The van der Waals surface area contributed by atoms with Gasteiger partial charge >= 0.3 is 0 Å². The highest BCUT2D eigenvalue weighted by Gasteiger charge is 2.28. The highest BCUT2D eigenvalue weighted by atomic mass is 35.5. The molecular weight excluding hydrogens is 289 g/mol. The first-order chi connectivity index (χ1) is 9.11. The number of rotatable bonds is 4. The minimum atomic E-state index is -0.146. The molecule has 0 bridgehead atoms. The maximum absolute atomic E-state index is 12.0. The smallest absolute Gasteiger partial charge is 0.260 e. The molecule has 1 N–H and O–H groups in total. The molecule has 1 amide bonds. The van der Waals surface area contributed by atoms with Gasteiger partial charge in [-0.1, -0.05) is 23.2 Å². The fraction of sp³-hybridized carbons (Fsp3) is 0.462. The van der Waals surface area contributed by atoms with Gasteiger partial charge in [0, 0.05) is 17.6 Å². The van der Waals surface area contributed by atoms with Crippen LogP contribution in [0.3, 0.4) is 0 Å². The summed E-state index contributed by atoms with van der Waals surface area (Å²) >= 11 is 11.8. The maximum atomic E-state index is 12.0. The van der Waals surface area contributed by atoms with Crippen molar-refractivity contribution in [3.8, 4) is 5.75 Å². The Labute approximate surface area is 121 Å². The molecule has 0 aromatic heterocycles. The van der Waals surface area contributed by atoms with Crippen LogP contribution in [0.1, 0.15) is 12.8 Å². The van der Waals surface area contributed by atoms with Gasteiger partial charge in [0.25, 0.3) is 5.91 Å². The quantitative estimate of drug-likeness (QED) is 0.929. The lowest BCUT2D eigenvalue weighted by atomic mass is 10.2. The van der Waals surface area contributed by atoms with E-state index in [9.17, 15) is 9.90 Å². The summed E-state index contributed by atoms with van der Waals surface area (Å²) in [6, 6.07) is 4.76. The van der Waals surface area contributed by atoms with Crippen LogP contribution in [0, 0.1) is 0 Å². The number of carbonyl (C=O) groups is 1. The number of nitrogens with zero attached hydrogens (tertiary/aromatic N) is 1. The Hall–Kier alpha value is -0.970. The van der Waals surface area contributed by atoms with Crippen LogP contribution in [0.15, 0.2) is 18.2 Å². The van der Waals surface area contributed by atoms with E-state index in [-0.39, 0.29) is 25.2 Å². The average Bonchev–Trinajstić information content (AvgIpc) is 2.88. The number of aliphatic hydroxyl groups excluding tert-OH is 1. The zero-order chi connectivity index (χ0) is 13.8. The van der Waals surface area contributed by atoms with Gasteiger partial charge in [-0.3, -0.25) is 4.79 Å². The van der Waals surface area contributed by atoms with E-state index in [2.05, 4.69) is 0 Å². The molecule has 19 heavy (non-hydrogen) atoms. The van der Waals surface area contributed by atoms with E-state index in [1.54, 1.807) is 23.1 Å². The molecule has 0 radical (unpaired) electrons. The van der Waals surface area contributed by atoms with Gasteiger partial charge in [0.05, 0.1) is 17.7 Å². The van der Waals surface area contributed by atoms with Crippen LogP contribution in [-0.2, 0) is 4.79 Å². The van der Waals surface area contributed by atoms with Crippen molar-refractivity contribution in [3.05, 3.63) is 28.2 Å². The Kier molecular flexibility index (Phi) is 4.91. The monoisotopic (exact) mass is 303 g/mol. The molecule has 1 fully saturated rings. The third-order valence-electron chi connectivity index (χ3n) is 3.15. The molecule has 2 rings (SSSR count). The average molecular weight is 304 g/mol. The van der Waals surface area contributed by atoms with Gasteiger partial charge in [0.15, 0.2) is 6.61 Å². The van der Waals surface area contributed by atoms with E-state index in [0.717, 1.165) is 12.8 Å². The first-order valence-electron chi connectivity index (χ1n) is 6.10. The molecule has 1 aromatic rings. The largest absolute Gasteiger partial charge is 0.482 e. The number of likely N-dealkylation sites (tertiary alicyclic amines) is 1. The maximum Gasteiger partial charge on any atom is 0.260 e. The summed E-state index contributed by atoms with van der Waals surface area (Å²) < 4.78 is 5.40. The second kappa shape index (κ2) is 6.46. The molecule has 0 saturated carbocycles. The molecule has 1 aliphatic rings. The van der Waals surface area contributed by atoms with Crippen LogP contribution in [0.25, 0.3) is 0 Å². The molecule has 1 aliphatic heterocycles. The Bertz CT molecular complexity index is 467. The Balaban J connectivity index is 1.95.